The van der Waals surface area contributed by atoms with Crippen LogP contribution in [-0.2, 0) is 0 Å². The third-order valence-electron chi connectivity index (χ3n) is 4.54. The average molecular weight is 268 g/mol. The summed E-state index contributed by atoms with van der Waals surface area (Å²) in [7, 11) is 2.34. The lowest BCUT2D eigenvalue weighted by atomic mass is 9.84. The molecule has 0 amide bonds. The second kappa shape index (κ2) is 8.26. The van der Waals surface area contributed by atoms with Gasteiger partial charge in [-0.15, -0.1) is 0 Å². The van der Waals surface area contributed by atoms with Crippen LogP contribution in [0.1, 0.15) is 66.2 Å². The van der Waals surface area contributed by atoms with E-state index in [9.17, 15) is 0 Å². The molecule has 1 aliphatic carbocycles. The molecule has 2 nitrogen and oxygen atoms in total. The number of rotatable bonds is 9. The van der Waals surface area contributed by atoms with E-state index < -0.39 is 0 Å². The number of nitrogens with zero attached hydrogens (tertiary/aromatic N) is 1. The highest BCUT2D eigenvalue weighted by Crippen LogP contribution is 2.28. The minimum absolute atomic E-state index is 0.432. The minimum atomic E-state index is 0.432. The second-order valence-electron chi connectivity index (χ2n) is 7.44. The molecule has 0 aromatic heterocycles. The van der Waals surface area contributed by atoms with Crippen LogP contribution in [0.25, 0.3) is 0 Å². The van der Waals surface area contributed by atoms with E-state index in [-0.39, 0.29) is 0 Å². The highest BCUT2D eigenvalue weighted by atomic mass is 15.1. The lowest BCUT2D eigenvalue weighted by Crippen LogP contribution is -2.44. The molecule has 19 heavy (non-hydrogen) atoms. The second-order valence-corrected chi connectivity index (χ2v) is 7.44. The van der Waals surface area contributed by atoms with E-state index in [0.29, 0.717) is 5.41 Å². The standard InChI is InChI=1S/C17H36N2/c1-6-11-17(4,13-18-12-15(2)3)14-19(5)16-9-7-8-10-16/h15-16,18H,6-14H2,1-5H3. The van der Waals surface area contributed by atoms with Gasteiger partial charge in [0, 0.05) is 19.1 Å². The van der Waals surface area contributed by atoms with E-state index in [1.807, 2.05) is 0 Å². The molecule has 0 bridgehead atoms. The van der Waals surface area contributed by atoms with Crippen LogP contribution >= 0.6 is 0 Å². The first-order chi connectivity index (χ1) is 8.97. The van der Waals surface area contributed by atoms with Crippen LogP contribution in [0, 0.1) is 11.3 Å². The lowest BCUT2D eigenvalue weighted by molar-refractivity contribution is 0.136. The zero-order valence-electron chi connectivity index (χ0n) is 14.0. The smallest absolute Gasteiger partial charge is 0.00924 e. The first kappa shape index (κ1) is 17.0. The third-order valence-corrected chi connectivity index (χ3v) is 4.54. The molecule has 0 aromatic rings. The van der Waals surface area contributed by atoms with E-state index in [1.165, 1.54) is 45.1 Å². The molecular formula is C17H36N2. The zero-order chi connectivity index (χ0) is 14.3. The largest absolute Gasteiger partial charge is 0.316 e. The van der Waals surface area contributed by atoms with Gasteiger partial charge >= 0.3 is 0 Å². The Morgan fingerprint density at radius 2 is 1.89 bits per heavy atom. The molecule has 0 aliphatic heterocycles. The van der Waals surface area contributed by atoms with Crippen molar-refractivity contribution >= 4 is 0 Å². The summed E-state index contributed by atoms with van der Waals surface area (Å²) in [6.07, 6.45) is 8.32. The van der Waals surface area contributed by atoms with Crippen molar-refractivity contribution in [3.63, 3.8) is 0 Å². The Morgan fingerprint density at radius 1 is 1.26 bits per heavy atom. The molecule has 114 valence electrons. The monoisotopic (exact) mass is 268 g/mol. The van der Waals surface area contributed by atoms with Crippen LogP contribution in [0.15, 0.2) is 0 Å². The fraction of sp³-hybridized carbons (Fsp3) is 1.00. The zero-order valence-corrected chi connectivity index (χ0v) is 14.0. The van der Waals surface area contributed by atoms with E-state index in [1.54, 1.807) is 0 Å². The summed E-state index contributed by atoms with van der Waals surface area (Å²) < 4.78 is 0. The van der Waals surface area contributed by atoms with Gasteiger partial charge in [0.1, 0.15) is 0 Å². The van der Waals surface area contributed by atoms with Crippen LogP contribution in [0.3, 0.4) is 0 Å². The van der Waals surface area contributed by atoms with Gasteiger partial charge in [-0.1, -0.05) is 47.0 Å². The van der Waals surface area contributed by atoms with Gasteiger partial charge in [0.2, 0.25) is 0 Å². The van der Waals surface area contributed by atoms with Crippen molar-refractivity contribution in [2.24, 2.45) is 11.3 Å². The van der Waals surface area contributed by atoms with Crippen molar-refractivity contribution in [3.05, 3.63) is 0 Å². The first-order valence-corrected chi connectivity index (χ1v) is 8.38. The summed E-state index contributed by atoms with van der Waals surface area (Å²) in [5.74, 6) is 0.749. The molecule has 0 spiro atoms. The fourth-order valence-electron chi connectivity index (χ4n) is 3.57. The molecular weight excluding hydrogens is 232 g/mol. The Labute approximate surface area is 121 Å². The Kier molecular flexibility index (Phi) is 7.38. The van der Waals surface area contributed by atoms with Crippen molar-refractivity contribution in [1.29, 1.82) is 0 Å². The Bertz CT molecular complexity index is 233. The molecule has 0 aromatic carbocycles. The normalized spacial score (nSPS) is 20.4. The maximum atomic E-state index is 3.68. The van der Waals surface area contributed by atoms with Gasteiger partial charge in [-0.25, -0.2) is 0 Å². The molecule has 2 heteroatoms. The molecule has 1 aliphatic rings. The van der Waals surface area contributed by atoms with Gasteiger partial charge in [0.05, 0.1) is 0 Å². The van der Waals surface area contributed by atoms with E-state index >= 15 is 0 Å². The summed E-state index contributed by atoms with van der Waals surface area (Å²) in [5, 5.41) is 3.68. The summed E-state index contributed by atoms with van der Waals surface area (Å²) in [5.41, 5.74) is 0.432. The molecule has 0 heterocycles. The van der Waals surface area contributed by atoms with Crippen molar-refractivity contribution in [2.45, 2.75) is 72.3 Å². The maximum absolute atomic E-state index is 3.68. The van der Waals surface area contributed by atoms with Gasteiger partial charge in [0.15, 0.2) is 0 Å². The Hall–Kier alpha value is -0.0800. The number of hydrogen-bond acceptors (Lipinski definition) is 2. The van der Waals surface area contributed by atoms with Crippen molar-refractivity contribution in [1.82, 2.24) is 10.2 Å². The van der Waals surface area contributed by atoms with E-state index in [2.05, 4.69) is 45.0 Å². The lowest BCUT2D eigenvalue weighted by Gasteiger charge is -2.37. The van der Waals surface area contributed by atoms with Crippen LogP contribution in [-0.4, -0.2) is 37.6 Å². The number of hydrogen-bond donors (Lipinski definition) is 1. The van der Waals surface area contributed by atoms with Crippen molar-refractivity contribution in [3.8, 4) is 0 Å². The van der Waals surface area contributed by atoms with Crippen molar-refractivity contribution < 1.29 is 0 Å². The highest BCUT2D eigenvalue weighted by Gasteiger charge is 2.28. The molecule has 0 saturated heterocycles. The van der Waals surface area contributed by atoms with Gasteiger partial charge in [-0.05, 0) is 44.2 Å². The van der Waals surface area contributed by atoms with Gasteiger partial charge < -0.3 is 10.2 Å². The molecule has 1 unspecified atom stereocenters. The predicted molar refractivity (Wildman–Crippen MR) is 85.6 cm³/mol. The molecule has 1 fully saturated rings. The Balaban J connectivity index is 2.43. The first-order valence-electron chi connectivity index (χ1n) is 8.38. The average Bonchev–Trinajstić information content (AvgIpc) is 2.81. The van der Waals surface area contributed by atoms with Gasteiger partial charge in [-0.3, -0.25) is 0 Å². The molecule has 1 N–H and O–H groups in total. The molecule has 1 rings (SSSR count). The van der Waals surface area contributed by atoms with E-state index in [4.69, 9.17) is 0 Å². The molecule has 0 radical (unpaired) electrons. The van der Waals surface area contributed by atoms with Crippen LogP contribution in [0.2, 0.25) is 0 Å². The highest BCUT2D eigenvalue weighted by molar-refractivity contribution is 4.84. The van der Waals surface area contributed by atoms with Crippen LogP contribution in [0.4, 0.5) is 0 Å². The summed E-state index contributed by atoms with van der Waals surface area (Å²) in [6, 6.07) is 0.848. The predicted octanol–water partition coefficient (Wildman–Crippen LogP) is 3.91. The summed E-state index contributed by atoms with van der Waals surface area (Å²) in [4.78, 5) is 2.64. The summed E-state index contributed by atoms with van der Waals surface area (Å²) in [6.45, 7) is 12.9. The SMILES string of the molecule is CCCC(C)(CNCC(C)C)CN(C)C1CCCC1. The minimum Gasteiger partial charge on any atom is -0.316 e. The van der Waals surface area contributed by atoms with Gasteiger partial charge in [0.25, 0.3) is 0 Å². The van der Waals surface area contributed by atoms with Gasteiger partial charge in [-0.2, -0.15) is 0 Å². The Morgan fingerprint density at radius 3 is 2.42 bits per heavy atom. The third kappa shape index (κ3) is 6.27. The quantitative estimate of drug-likeness (QED) is 0.682. The van der Waals surface area contributed by atoms with Crippen molar-refractivity contribution in [2.75, 3.05) is 26.7 Å². The summed E-state index contributed by atoms with van der Waals surface area (Å²) >= 11 is 0. The molecule has 1 atom stereocenters. The fourth-order valence-corrected chi connectivity index (χ4v) is 3.57. The van der Waals surface area contributed by atoms with Crippen LogP contribution in [0.5, 0.6) is 0 Å². The maximum Gasteiger partial charge on any atom is 0.00924 e. The number of nitrogens with one attached hydrogen (secondary N) is 1. The topological polar surface area (TPSA) is 15.3 Å². The molecule has 1 saturated carbocycles. The van der Waals surface area contributed by atoms with Crippen LogP contribution < -0.4 is 5.32 Å². The van der Waals surface area contributed by atoms with E-state index in [0.717, 1.165) is 25.0 Å².